The van der Waals surface area contributed by atoms with Gasteiger partial charge in [-0.15, -0.1) is 0 Å². The number of aryl methyl sites for hydroxylation is 2. The second-order valence-corrected chi connectivity index (χ2v) is 10.9. The van der Waals surface area contributed by atoms with Crippen molar-refractivity contribution in [3.63, 3.8) is 0 Å². The predicted octanol–water partition coefficient (Wildman–Crippen LogP) is 6.79. The summed E-state index contributed by atoms with van der Waals surface area (Å²) in [7, 11) is 0. The number of ketones is 1. The molecule has 0 aliphatic heterocycles. The van der Waals surface area contributed by atoms with Gasteiger partial charge in [-0.3, -0.25) is 19.1 Å². The van der Waals surface area contributed by atoms with Crippen molar-refractivity contribution in [3.8, 4) is 0 Å². The summed E-state index contributed by atoms with van der Waals surface area (Å²) in [6.45, 7) is 2.04. The van der Waals surface area contributed by atoms with Crippen LogP contribution < -0.4 is 0 Å². The van der Waals surface area contributed by atoms with Crippen LogP contribution in [0.2, 0.25) is 5.02 Å². The van der Waals surface area contributed by atoms with Gasteiger partial charge in [-0.25, -0.2) is 8.78 Å². The number of alkyl halides is 3. The molecule has 0 bridgehead atoms. The fourth-order valence-electron chi connectivity index (χ4n) is 5.46. The number of Topliss-reactive ketones (excluding diaryl/α,β-unsaturated/α-hetero) is 1. The zero-order valence-electron chi connectivity index (χ0n) is 22.6. The minimum Gasteiger partial charge on any atom is -0.481 e. The van der Waals surface area contributed by atoms with Crippen molar-refractivity contribution in [2.45, 2.75) is 58.3 Å². The summed E-state index contributed by atoms with van der Waals surface area (Å²) >= 11 is 6.29. The number of carbonyl (C=O) groups is 3. The predicted molar refractivity (Wildman–Crippen MR) is 142 cm³/mol. The van der Waals surface area contributed by atoms with Crippen molar-refractivity contribution in [1.29, 1.82) is 0 Å². The van der Waals surface area contributed by atoms with Crippen molar-refractivity contribution in [2.75, 3.05) is 6.54 Å². The Kier molecular flexibility index (Phi) is 9.05. The Labute approximate surface area is 242 Å². The van der Waals surface area contributed by atoms with Crippen LogP contribution in [0.3, 0.4) is 0 Å². The number of amides is 1. The van der Waals surface area contributed by atoms with Gasteiger partial charge in [0.05, 0.1) is 35.3 Å². The largest absolute Gasteiger partial charge is 0.481 e. The molecular formula is C29H27ClF5N3O4. The maximum Gasteiger partial charge on any atom is 0.433 e. The van der Waals surface area contributed by atoms with Crippen molar-refractivity contribution < 1.29 is 41.4 Å². The number of carboxylic acid groups (broad SMARTS) is 1. The first-order valence-corrected chi connectivity index (χ1v) is 13.4. The number of halogens is 6. The number of nitrogens with zero attached hydrogens (tertiary/aromatic N) is 3. The average molecular weight is 612 g/mol. The number of aromatic nitrogens is 2. The van der Waals surface area contributed by atoms with Gasteiger partial charge < -0.3 is 10.0 Å². The molecule has 0 unspecified atom stereocenters. The lowest BCUT2D eigenvalue weighted by atomic mass is 9.86. The van der Waals surface area contributed by atoms with Crippen molar-refractivity contribution >= 4 is 29.3 Å². The molecule has 0 spiro atoms. The zero-order chi connectivity index (χ0) is 30.9. The molecule has 1 heterocycles. The summed E-state index contributed by atoms with van der Waals surface area (Å²) in [4.78, 5) is 39.2. The lowest BCUT2D eigenvalue weighted by Gasteiger charge is -2.28. The van der Waals surface area contributed by atoms with Gasteiger partial charge in [0.1, 0.15) is 11.6 Å². The molecule has 4 rings (SSSR count). The fraction of sp³-hybridized carbons (Fsp3) is 0.379. The smallest absolute Gasteiger partial charge is 0.433 e. The monoisotopic (exact) mass is 611 g/mol. The molecule has 0 atom stereocenters. The number of rotatable bonds is 8. The number of aliphatic carboxylic acids is 1. The first-order chi connectivity index (χ1) is 19.6. The van der Waals surface area contributed by atoms with Crippen LogP contribution in [0.4, 0.5) is 22.0 Å². The first kappa shape index (κ1) is 31.1. The lowest BCUT2D eigenvalue weighted by Crippen LogP contribution is -2.37. The molecule has 7 nitrogen and oxygen atoms in total. The highest BCUT2D eigenvalue weighted by molar-refractivity contribution is 6.34. The van der Waals surface area contributed by atoms with Crippen molar-refractivity contribution in [2.24, 2.45) is 5.92 Å². The Morgan fingerprint density at radius 1 is 1.02 bits per heavy atom. The van der Waals surface area contributed by atoms with E-state index in [-0.39, 0.29) is 41.8 Å². The standard InChI is InChI=1S/C29H27ClF5N3O4/c1-15-7-16(2)25(23(30)8-15)24(39)14-37(13-17-9-19(31)11-20(32)10-17)27(40)22-12-36-38(26(22)29(33,34)35)21-5-3-18(4-6-21)28(41)42/h7-12,18,21H,3-6,13-14H2,1-2H3,(H,41,42)/t18-,21-. The van der Waals surface area contributed by atoms with E-state index < -0.39 is 71.8 Å². The summed E-state index contributed by atoms with van der Waals surface area (Å²) < 4.78 is 71.9. The van der Waals surface area contributed by atoms with Gasteiger partial charge in [0.2, 0.25) is 0 Å². The summed E-state index contributed by atoms with van der Waals surface area (Å²) in [5, 5.41) is 13.2. The highest BCUT2D eigenvalue weighted by atomic mass is 35.5. The Balaban J connectivity index is 1.73. The van der Waals surface area contributed by atoms with E-state index in [1.165, 1.54) is 6.07 Å². The van der Waals surface area contributed by atoms with Gasteiger partial charge >= 0.3 is 12.1 Å². The lowest BCUT2D eigenvalue weighted by molar-refractivity contribution is -0.147. The molecule has 1 aliphatic rings. The second kappa shape index (κ2) is 12.2. The van der Waals surface area contributed by atoms with Crippen LogP contribution in [0, 0.1) is 31.4 Å². The van der Waals surface area contributed by atoms with Gasteiger partial charge in [0.15, 0.2) is 11.5 Å². The third kappa shape index (κ3) is 6.80. The number of carboxylic acids is 1. The number of hydrogen-bond donors (Lipinski definition) is 1. The van der Waals surface area contributed by atoms with Gasteiger partial charge in [-0.1, -0.05) is 17.7 Å². The maximum atomic E-state index is 14.4. The second-order valence-electron chi connectivity index (χ2n) is 10.5. The van der Waals surface area contributed by atoms with Gasteiger partial charge in [0.25, 0.3) is 5.91 Å². The number of carbonyl (C=O) groups excluding carboxylic acids is 2. The minimum atomic E-state index is -5.04. The maximum absolute atomic E-state index is 14.4. The number of hydrogen-bond acceptors (Lipinski definition) is 4. The van der Waals surface area contributed by atoms with Crippen LogP contribution in [0.15, 0.2) is 36.5 Å². The van der Waals surface area contributed by atoms with E-state index in [4.69, 9.17) is 11.6 Å². The Bertz CT molecular complexity index is 1490. The molecule has 1 aliphatic carbocycles. The molecular weight excluding hydrogens is 585 g/mol. The van der Waals surface area contributed by atoms with Crippen LogP contribution in [0.25, 0.3) is 0 Å². The van der Waals surface area contributed by atoms with E-state index >= 15 is 0 Å². The molecule has 3 aromatic rings. The van der Waals surface area contributed by atoms with Crippen molar-refractivity contribution in [1.82, 2.24) is 14.7 Å². The molecule has 13 heteroatoms. The summed E-state index contributed by atoms with van der Waals surface area (Å²) in [5.41, 5.74) is -0.981. The third-order valence-electron chi connectivity index (χ3n) is 7.31. The SMILES string of the molecule is Cc1cc(C)c(C(=O)CN(Cc2cc(F)cc(F)c2)C(=O)c2cnn([C@H]3CC[C@H](C(=O)O)CC3)c2C(F)(F)F)c(Cl)c1. The van der Waals surface area contributed by atoms with E-state index in [0.717, 1.165) is 28.8 Å². The van der Waals surface area contributed by atoms with Crippen LogP contribution in [0.5, 0.6) is 0 Å². The average Bonchev–Trinajstić information content (AvgIpc) is 3.33. The molecule has 1 amide bonds. The van der Waals surface area contributed by atoms with Crippen LogP contribution >= 0.6 is 11.6 Å². The van der Waals surface area contributed by atoms with Gasteiger partial charge in [0, 0.05) is 18.2 Å². The molecule has 1 N–H and O–H groups in total. The summed E-state index contributed by atoms with van der Waals surface area (Å²) in [5.74, 6) is -5.57. The van der Waals surface area contributed by atoms with E-state index in [1.807, 2.05) is 0 Å². The minimum absolute atomic E-state index is 0.0624. The molecule has 1 fully saturated rings. The molecule has 1 saturated carbocycles. The molecule has 0 radical (unpaired) electrons. The van der Waals surface area contributed by atoms with Crippen LogP contribution in [0.1, 0.15) is 74.8 Å². The Hall–Kier alpha value is -3.80. The van der Waals surface area contributed by atoms with Crippen molar-refractivity contribution in [3.05, 3.63) is 86.7 Å². The molecule has 2 aromatic carbocycles. The highest BCUT2D eigenvalue weighted by Gasteiger charge is 2.43. The topological polar surface area (TPSA) is 92.5 Å². The Morgan fingerprint density at radius 2 is 1.64 bits per heavy atom. The molecule has 42 heavy (non-hydrogen) atoms. The zero-order valence-corrected chi connectivity index (χ0v) is 23.4. The normalized spacial score (nSPS) is 17.2. The quantitative estimate of drug-likeness (QED) is 0.224. The summed E-state index contributed by atoms with van der Waals surface area (Å²) in [6.07, 6.45) is -3.80. The van der Waals surface area contributed by atoms with Crippen LogP contribution in [-0.2, 0) is 17.5 Å². The molecule has 224 valence electrons. The van der Waals surface area contributed by atoms with Gasteiger partial charge in [-0.2, -0.15) is 18.3 Å². The highest BCUT2D eigenvalue weighted by Crippen LogP contribution is 2.39. The van der Waals surface area contributed by atoms with E-state index in [1.54, 1.807) is 19.9 Å². The Morgan fingerprint density at radius 3 is 2.19 bits per heavy atom. The summed E-state index contributed by atoms with van der Waals surface area (Å²) in [6, 6.07) is 4.82. The molecule has 0 saturated heterocycles. The van der Waals surface area contributed by atoms with E-state index in [2.05, 4.69) is 5.10 Å². The van der Waals surface area contributed by atoms with E-state index in [9.17, 15) is 41.4 Å². The van der Waals surface area contributed by atoms with Gasteiger partial charge in [-0.05, 0) is 74.4 Å². The first-order valence-electron chi connectivity index (χ1n) is 13.1. The fourth-order valence-corrected chi connectivity index (χ4v) is 5.89. The third-order valence-corrected chi connectivity index (χ3v) is 7.61. The van der Waals surface area contributed by atoms with Crippen LogP contribution in [-0.4, -0.2) is 44.0 Å². The number of benzene rings is 2. The molecule has 1 aromatic heterocycles. The van der Waals surface area contributed by atoms with E-state index in [0.29, 0.717) is 16.3 Å².